The number of rotatable bonds is 3. The van der Waals surface area contributed by atoms with E-state index in [1.807, 2.05) is 0 Å². The predicted molar refractivity (Wildman–Crippen MR) is 67.2 cm³/mol. The molecule has 1 aliphatic rings. The van der Waals surface area contributed by atoms with Crippen LogP contribution in [0.3, 0.4) is 0 Å². The monoisotopic (exact) mass is 328 g/mol. The first-order valence-electron chi connectivity index (χ1n) is 4.75. The highest BCUT2D eigenvalue weighted by atomic mass is 79.9. The van der Waals surface area contributed by atoms with Gasteiger partial charge in [0.2, 0.25) is 0 Å². The maximum absolute atomic E-state index is 6.26. The van der Waals surface area contributed by atoms with Crippen LogP contribution < -0.4 is 0 Å². The second-order valence-electron chi connectivity index (χ2n) is 4.80. The van der Waals surface area contributed by atoms with Crippen LogP contribution in [0, 0.1) is 5.92 Å². The third-order valence-electron chi connectivity index (χ3n) is 2.74. The quantitative estimate of drug-likeness (QED) is 0.559. The van der Waals surface area contributed by atoms with E-state index >= 15 is 0 Å². The summed E-state index contributed by atoms with van der Waals surface area (Å²) >= 11 is 7.40. The molecule has 0 aromatic rings. The molecule has 0 aromatic heterocycles. The SMILES string of the molecule is CCC1(O[Si](C)(C)C)C(C)C1(Br)Br. The van der Waals surface area contributed by atoms with E-state index in [1.54, 1.807) is 0 Å². The van der Waals surface area contributed by atoms with Crippen molar-refractivity contribution < 1.29 is 4.43 Å². The molecule has 1 nitrogen and oxygen atoms in total. The maximum atomic E-state index is 6.26. The molecule has 78 valence electrons. The lowest BCUT2D eigenvalue weighted by atomic mass is 10.2. The number of alkyl halides is 2. The lowest BCUT2D eigenvalue weighted by molar-refractivity contribution is 0.150. The van der Waals surface area contributed by atoms with E-state index in [0.717, 1.165) is 6.42 Å². The van der Waals surface area contributed by atoms with Gasteiger partial charge in [-0.15, -0.1) is 0 Å². The van der Waals surface area contributed by atoms with E-state index < -0.39 is 8.32 Å². The molecule has 1 saturated carbocycles. The zero-order valence-electron chi connectivity index (χ0n) is 8.95. The Bertz CT molecular complexity index is 212. The summed E-state index contributed by atoms with van der Waals surface area (Å²) in [5.41, 5.74) is 0.0253. The van der Waals surface area contributed by atoms with Gasteiger partial charge in [0.05, 0.1) is 5.60 Å². The Labute approximate surface area is 99.0 Å². The Balaban J connectivity index is 2.77. The van der Waals surface area contributed by atoms with Gasteiger partial charge in [0, 0.05) is 5.92 Å². The zero-order valence-corrected chi connectivity index (χ0v) is 13.1. The lowest BCUT2D eigenvalue weighted by Gasteiger charge is -2.27. The summed E-state index contributed by atoms with van der Waals surface area (Å²) in [7, 11) is -1.44. The Morgan fingerprint density at radius 1 is 1.31 bits per heavy atom. The van der Waals surface area contributed by atoms with Gasteiger partial charge >= 0.3 is 0 Å². The van der Waals surface area contributed by atoms with E-state index in [2.05, 4.69) is 65.3 Å². The normalized spacial score (nSPS) is 37.6. The van der Waals surface area contributed by atoms with Crippen molar-refractivity contribution in [2.24, 2.45) is 5.92 Å². The molecule has 1 rings (SSSR count). The first-order chi connectivity index (χ1) is 5.67. The minimum atomic E-state index is -1.44. The van der Waals surface area contributed by atoms with Crippen LogP contribution in [0.2, 0.25) is 19.6 Å². The van der Waals surface area contributed by atoms with Gasteiger partial charge in [-0.2, -0.15) is 0 Å². The fraction of sp³-hybridized carbons (Fsp3) is 1.00. The molecule has 0 N–H and O–H groups in total. The number of halogens is 2. The number of hydrogen-bond donors (Lipinski definition) is 0. The molecule has 0 radical (unpaired) electrons. The van der Waals surface area contributed by atoms with Gasteiger partial charge in [0.1, 0.15) is 3.23 Å². The second-order valence-corrected chi connectivity index (χ2v) is 12.8. The van der Waals surface area contributed by atoms with E-state index in [-0.39, 0.29) is 8.83 Å². The summed E-state index contributed by atoms with van der Waals surface area (Å²) in [5, 5.41) is 0. The molecule has 1 aliphatic carbocycles. The van der Waals surface area contributed by atoms with Crippen molar-refractivity contribution in [2.75, 3.05) is 0 Å². The fourth-order valence-electron chi connectivity index (χ4n) is 1.93. The Hall–Kier alpha value is 1.14. The lowest BCUT2D eigenvalue weighted by Crippen LogP contribution is -2.36. The molecular formula is C9H18Br2OSi. The van der Waals surface area contributed by atoms with Gasteiger partial charge in [-0.25, -0.2) is 0 Å². The van der Waals surface area contributed by atoms with Crippen LogP contribution in [0.25, 0.3) is 0 Å². The van der Waals surface area contributed by atoms with Gasteiger partial charge in [-0.3, -0.25) is 0 Å². The summed E-state index contributed by atoms with van der Waals surface area (Å²) in [4.78, 5) is 0. The number of hydrogen-bond acceptors (Lipinski definition) is 1. The third kappa shape index (κ3) is 1.92. The van der Waals surface area contributed by atoms with Crippen LogP contribution in [0.1, 0.15) is 20.3 Å². The molecular weight excluding hydrogens is 312 g/mol. The van der Waals surface area contributed by atoms with Crippen molar-refractivity contribution in [2.45, 2.75) is 48.7 Å². The van der Waals surface area contributed by atoms with Crippen LogP contribution in [0.5, 0.6) is 0 Å². The van der Waals surface area contributed by atoms with E-state index in [9.17, 15) is 0 Å². The molecule has 13 heavy (non-hydrogen) atoms. The molecule has 0 saturated heterocycles. The van der Waals surface area contributed by atoms with Crippen LogP contribution >= 0.6 is 31.9 Å². The van der Waals surface area contributed by atoms with E-state index in [4.69, 9.17) is 4.43 Å². The predicted octanol–water partition coefficient (Wildman–Crippen LogP) is 4.12. The Morgan fingerprint density at radius 3 is 1.77 bits per heavy atom. The fourth-order valence-corrected chi connectivity index (χ4v) is 5.72. The second kappa shape index (κ2) is 3.32. The summed E-state index contributed by atoms with van der Waals surface area (Å²) in [6, 6.07) is 0. The largest absolute Gasteiger partial charge is 0.409 e. The molecule has 0 amide bonds. The van der Waals surface area contributed by atoms with Gasteiger partial charge in [-0.05, 0) is 26.1 Å². The molecule has 4 heteroatoms. The highest BCUT2D eigenvalue weighted by Gasteiger charge is 2.73. The summed E-state index contributed by atoms with van der Waals surface area (Å²) < 4.78 is 6.27. The van der Waals surface area contributed by atoms with Crippen LogP contribution in [0.15, 0.2) is 0 Å². The summed E-state index contributed by atoms with van der Waals surface area (Å²) in [6.07, 6.45) is 1.06. The molecule has 2 atom stereocenters. The van der Waals surface area contributed by atoms with E-state index in [1.165, 1.54) is 0 Å². The van der Waals surface area contributed by atoms with Crippen molar-refractivity contribution in [3.05, 3.63) is 0 Å². The standard InChI is InChI=1S/C9H18Br2OSi/c1-6-8(12-13(3,4)5)7(2)9(8,10)11/h7H,6H2,1-5H3. The van der Waals surface area contributed by atoms with Gasteiger partial charge < -0.3 is 4.43 Å². The van der Waals surface area contributed by atoms with Gasteiger partial charge in [0.15, 0.2) is 8.32 Å². The molecule has 0 spiro atoms. The van der Waals surface area contributed by atoms with Crippen LogP contribution in [0.4, 0.5) is 0 Å². The minimum absolute atomic E-state index is 0.0159. The van der Waals surface area contributed by atoms with Gasteiger partial charge in [0.25, 0.3) is 0 Å². The first-order valence-corrected chi connectivity index (χ1v) is 9.75. The average molecular weight is 330 g/mol. The molecule has 0 heterocycles. The van der Waals surface area contributed by atoms with Gasteiger partial charge in [-0.1, -0.05) is 45.7 Å². The summed E-state index contributed by atoms with van der Waals surface area (Å²) in [5.74, 6) is 0.553. The van der Waals surface area contributed by atoms with Crippen molar-refractivity contribution in [3.8, 4) is 0 Å². The first kappa shape index (κ1) is 12.2. The smallest absolute Gasteiger partial charge is 0.184 e. The minimum Gasteiger partial charge on any atom is -0.409 e. The van der Waals surface area contributed by atoms with Crippen LogP contribution in [-0.4, -0.2) is 17.2 Å². The van der Waals surface area contributed by atoms with E-state index in [0.29, 0.717) is 5.92 Å². The summed E-state index contributed by atoms with van der Waals surface area (Å²) in [6.45, 7) is 11.1. The third-order valence-corrected chi connectivity index (χ3v) is 6.43. The maximum Gasteiger partial charge on any atom is 0.184 e. The highest BCUT2D eigenvalue weighted by Crippen LogP contribution is 2.68. The zero-order chi connectivity index (χ0) is 10.5. The van der Waals surface area contributed by atoms with Crippen molar-refractivity contribution in [3.63, 3.8) is 0 Å². The molecule has 2 unspecified atom stereocenters. The molecule has 0 aromatic carbocycles. The average Bonchev–Trinajstić information content (AvgIpc) is 2.32. The molecule has 1 fully saturated rings. The Kier molecular flexibility index (Phi) is 3.12. The molecule has 0 aliphatic heterocycles. The van der Waals surface area contributed by atoms with Crippen molar-refractivity contribution >= 4 is 40.2 Å². The topological polar surface area (TPSA) is 9.23 Å². The molecule has 0 bridgehead atoms. The highest BCUT2D eigenvalue weighted by molar-refractivity contribution is 9.25. The van der Waals surface area contributed by atoms with Crippen molar-refractivity contribution in [1.82, 2.24) is 0 Å². The van der Waals surface area contributed by atoms with Crippen molar-refractivity contribution in [1.29, 1.82) is 0 Å². The van der Waals surface area contributed by atoms with Crippen LogP contribution in [-0.2, 0) is 4.43 Å². The Morgan fingerprint density at radius 2 is 1.69 bits per heavy atom.